The molecule has 118 valence electrons. The Kier molecular flexibility index (Phi) is 6.70. The fourth-order valence-corrected chi connectivity index (χ4v) is 4.53. The van der Waals surface area contributed by atoms with Crippen molar-refractivity contribution in [2.24, 2.45) is 5.92 Å². The summed E-state index contributed by atoms with van der Waals surface area (Å²) in [4.78, 5) is 2.88. The lowest BCUT2D eigenvalue weighted by Gasteiger charge is -2.53. The molecule has 1 saturated heterocycles. The van der Waals surface area contributed by atoms with Crippen LogP contribution in [0.15, 0.2) is 0 Å². The third kappa shape index (κ3) is 4.14. The highest BCUT2D eigenvalue weighted by Gasteiger charge is 2.42. The molecule has 1 atom stereocenters. The van der Waals surface area contributed by atoms with Crippen molar-refractivity contribution in [3.8, 4) is 0 Å². The van der Waals surface area contributed by atoms with E-state index in [2.05, 4.69) is 42.7 Å². The third-order valence-corrected chi connectivity index (χ3v) is 6.28. The molecule has 0 amide bonds. The Morgan fingerprint density at radius 3 is 2.65 bits per heavy atom. The standard InChI is InChI=1S/C17H34N2S/c1-4-20-12-8-11-19-13-16(15(2)3)18-14-17(19)9-6-5-7-10-17/h15-16,18H,4-14H2,1-3H3. The molecule has 2 aliphatic rings. The molecule has 3 heteroatoms. The van der Waals surface area contributed by atoms with E-state index >= 15 is 0 Å². The summed E-state index contributed by atoms with van der Waals surface area (Å²) in [5.74, 6) is 3.35. The number of hydrogen-bond acceptors (Lipinski definition) is 3. The van der Waals surface area contributed by atoms with Crippen molar-refractivity contribution in [2.75, 3.05) is 31.1 Å². The number of nitrogens with zero attached hydrogens (tertiary/aromatic N) is 1. The van der Waals surface area contributed by atoms with E-state index in [9.17, 15) is 0 Å². The minimum atomic E-state index is 0.501. The Bertz CT molecular complexity index is 274. The van der Waals surface area contributed by atoms with Crippen LogP contribution in [0.25, 0.3) is 0 Å². The molecule has 0 aromatic carbocycles. The summed E-state index contributed by atoms with van der Waals surface area (Å²) in [5, 5.41) is 3.86. The fourth-order valence-electron chi connectivity index (χ4n) is 3.91. The zero-order valence-electron chi connectivity index (χ0n) is 13.8. The van der Waals surface area contributed by atoms with Crippen molar-refractivity contribution in [2.45, 2.75) is 70.9 Å². The van der Waals surface area contributed by atoms with Gasteiger partial charge in [0.25, 0.3) is 0 Å². The Balaban J connectivity index is 1.94. The molecule has 1 aliphatic heterocycles. The summed E-state index contributed by atoms with van der Waals surface area (Å²) in [7, 11) is 0. The number of nitrogens with one attached hydrogen (secondary N) is 1. The van der Waals surface area contributed by atoms with Gasteiger partial charge in [0, 0.05) is 24.7 Å². The SMILES string of the molecule is CCSCCCN1CC(C(C)C)NCC12CCCCC2. The Labute approximate surface area is 130 Å². The third-order valence-electron chi connectivity index (χ3n) is 5.29. The highest BCUT2D eigenvalue weighted by molar-refractivity contribution is 7.99. The van der Waals surface area contributed by atoms with Crippen molar-refractivity contribution >= 4 is 11.8 Å². The first-order chi connectivity index (χ1) is 9.68. The van der Waals surface area contributed by atoms with Gasteiger partial charge < -0.3 is 5.32 Å². The molecule has 2 nitrogen and oxygen atoms in total. The smallest absolute Gasteiger partial charge is 0.0334 e. The second-order valence-corrected chi connectivity index (χ2v) is 8.41. The first-order valence-electron chi connectivity index (χ1n) is 8.74. The lowest BCUT2D eigenvalue weighted by Crippen LogP contribution is -2.66. The van der Waals surface area contributed by atoms with Crippen LogP contribution in [0.3, 0.4) is 0 Å². The van der Waals surface area contributed by atoms with Gasteiger partial charge in [0.1, 0.15) is 0 Å². The highest BCUT2D eigenvalue weighted by Crippen LogP contribution is 2.36. The first kappa shape index (κ1) is 16.6. The van der Waals surface area contributed by atoms with Crippen LogP contribution in [0.5, 0.6) is 0 Å². The molecule has 1 unspecified atom stereocenters. The predicted molar refractivity (Wildman–Crippen MR) is 91.6 cm³/mol. The topological polar surface area (TPSA) is 15.3 Å². The summed E-state index contributed by atoms with van der Waals surface area (Å²) in [6.45, 7) is 10.8. The molecule has 1 saturated carbocycles. The van der Waals surface area contributed by atoms with Gasteiger partial charge in [-0.2, -0.15) is 11.8 Å². The summed E-state index contributed by atoms with van der Waals surface area (Å²) in [5.41, 5.74) is 0.501. The van der Waals surface area contributed by atoms with Crippen LogP contribution < -0.4 is 5.32 Å². The molecule has 1 spiro atoms. The quantitative estimate of drug-likeness (QED) is 0.752. The molecule has 1 heterocycles. The predicted octanol–water partition coefficient (Wildman–Crippen LogP) is 3.76. The lowest BCUT2D eigenvalue weighted by atomic mass is 9.77. The van der Waals surface area contributed by atoms with Crippen LogP contribution in [0.1, 0.15) is 59.3 Å². The number of rotatable bonds is 6. The number of piperazine rings is 1. The van der Waals surface area contributed by atoms with Gasteiger partial charge in [-0.25, -0.2) is 0 Å². The largest absolute Gasteiger partial charge is 0.311 e. The summed E-state index contributed by atoms with van der Waals surface area (Å²) < 4.78 is 0. The molecule has 2 rings (SSSR count). The van der Waals surface area contributed by atoms with E-state index in [1.165, 1.54) is 69.7 Å². The van der Waals surface area contributed by atoms with Gasteiger partial charge in [-0.1, -0.05) is 40.0 Å². The number of hydrogen-bond donors (Lipinski definition) is 1. The lowest BCUT2D eigenvalue weighted by molar-refractivity contribution is 0.00254. The second kappa shape index (κ2) is 8.05. The summed E-state index contributed by atoms with van der Waals surface area (Å²) >= 11 is 2.10. The highest BCUT2D eigenvalue weighted by atomic mass is 32.2. The molecule has 0 bridgehead atoms. The normalized spacial score (nSPS) is 27.3. The van der Waals surface area contributed by atoms with Crippen molar-refractivity contribution in [3.05, 3.63) is 0 Å². The first-order valence-corrected chi connectivity index (χ1v) is 9.89. The Morgan fingerprint density at radius 2 is 2.00 bits per heavy atom. The van der Waals surface area contributed by atoms with Crippen LogP contribution in [0.2, 0.25) is 0 Å². The van der Waals surface area contributed by atoms with Crippen LogP contribution in [0, 0.1) is 5.92 Å². The van der Waals surface area contributed by atoms with Gasteiger partial charge >= 0.3 is 0 Å². The molecule has 0 aromatic rings. The summed E-state index contributed by atoms with van der Waals surface area (Å²) in [6.07, 6.45) is 8.54. The van der Waals surface area contributed by atoms with E-state index in [4.69, 9.17) is 0 Å². The Hall–Kier alpha value is 0.270. The van der Waals surface area contributed by atoms with E-state index in [1.807, 2.05) is 0 Å². The van der Waals surface area contributed by atoms with Crippen LogP contribution >= 0.6 is 11.8 Å². The molecule has 0 aromatic heterocycles. The van der Waals surface area contributed by atoms with E-state index in [0.29, 0.717) is 11.6 Å². The van der Waals surface area contributed by atoms with Gasteiger partial charge in [0.15, 0.2) is 0 Å². The fraction of sp³-hybridized carbons (Fsp3) is 1.00. The zero-order valence-corrected chi connectivity index (χ0v) is 14.6. The van der Waals surface area contributed by atoms with Crippen LogP contribution in [-0.2, 0) is 0 Å². The molecular formula is C17H34N2S. The van der Waals surface area contributed by atoms with Crippen LogP contribution in [0.4, 0.5) is 0 Å². The maximum atomic E-state index is 3.86. The van der Waals surface area contributed by atoms with Gasteiger partial charge in [0.05, 0.1) is 0 Å². The minimum absolute atomic E-state index is 0.501. The summed E-state index contributed by atoms with van der Waals surface area (Å²) in [6, 6.07) is 0.696. The van der Waals surface area contributed by atoms with Crippen molar-refractivity contribution < 1.29 is 0 Å². The molecule has 1 aliphatic carbocycles. The average molecular weight is 299 g/mol. The van der Waals surface area contributed by atoms with Gasteiger partial charge in [-0.3, -0.25) is 4.90 Å². The van der Waals surface area contributed by atoms with E-state index in [0.717, 1.165) is 5.92 Å². The minimum Gasteiger partial charge on any atom is -0.311 e. The van der Waals surface area contributed by atoms with Crippen molar-refractivity contribution in [3.63, 3.8) is 0 Å². The molecule has 20 heavy (non-hydrogen) atoms. The Morgan fingerprint density at radius 1 is 1.25 bits per heavy atom. The van der Waals surface area contributed by atoms with E-state index in [1.54, 1.807) is 0 Å². The molecular weight excluding hydrogens is 264 g/mol. The molecule has 1 N–H and O–H groups in total. The molecule has 2 fully saturated rings. The van der Waals surface area contributed by atoms with Gasteiger partial charge in [-0.15, -0.1) is 0 Å². The van der Waals surface area contributed by atoms with E-state index < -0.39 is 0 Å². The second-order valence-electron chi connectivity index (χ2n) is 7.01. The van der Waals surface area contributed by atoms with E-state index in [-0.39, 0.29) is 0 Å². The average Bonchev–Trinajstić information content (AvgIpc) is 2.46. The molecule has 0 radical (unpaired) electrons. The van der Waals surface area contributed by atoms with Gasteiger partial charge in [0.2, 0.25) is 0 Å². The monoisotopic (exact) mass is 298 g/mol. The maximum absolute atomic E-state index is 3.86. The zero-order chi connectivity index (χ0) is 14.4. The van der Waals surface area contributed by atoms with Crippen LogP contribution in [-0.4, -0.2) is 47.6 Å². The van der Waals surface area contributed by atoms with Crippen molar-refractivity contribution in [1.29, 1.82) is 0 Å². The van der Waals surface area contributed by atoms with Crippen molar-refractivity contribution in [1.82, 2.24) is 10.2 Å². The number of thioether (sulfide) groups is 1. The van der Waals surface area contributed by atoms with Gasteiger partial charge in [-0.05, 0) is 43.2 Å². The maximum Gasteiger partial charge on any atom is 0.0334 e.